The molecule has 1 fully saturated rings. The fourth-order valence-electron chi connectivity index (χ4n) is 3.32. The Morgan fingerprint density at radius 3 is 2.52 bits per heavy atom. The van der Waals surface area contributed by atoms with Gasteiger partial charge in [-0.2, -0.15) is 0 Å². The Balaban J connectivity index is 1.73. The van der Waals surface area contributed by atoms with E-state index in [1.807, 2.05) is 56.3 Å². The minimum atomic E-state index is -0.397. The summed E-state index contributed by atoms with van der Waals surface area (Å²) in [7, 11) is 0. The van der Waals surface area contributed by atoms with E-state index in [-0.39, 0.29) is 12.0 Å². The molecule has 4 nitrogen and oxygen atoms in total. The summed E-state index contributed by atoms with van der Waals surface area (Å²) < 4.78 is 5.67. The van der Waals surface area contributed by atoms with Crippen LogP contribution in [0.4, 0.5) is 5.69 Å². The second kappa shape index (κ2) is 8.28. The van der Waals surface area contributed by atoms with Gasteiger partial charge in [0.05, 0.1) is 6.10 Å². The molecule has 2 atom stereocenters. The summed E-state index contributed by atoms with van der Waals surface area (Å²) >= 11 is 0. The number of anilines is 1. The Kier molecular flexibility index (Phi) is 5.84. The second-order valence-corrected chi connectivity index (χ2v) is 6.75. The molecule has 2 N–H and O–H groups in total. The van der Waals surface area contributed by atoms with Crippen LogP contribution in [0.25, 0.3) is 0 Å². The molecule has 2 aromatic carbocycles. The Morgan fingerprint density at radius 2 is 1.88 bits per heavy atom. The molecule has 0 aliphatic carbocycles. The lowest BCUT2D eigenvalue weighted by Gasteiger charge is -2.21. The summed E-state index contributed by atoms with van der Waals surface area (Å²) in [6.45, 7) is 5.57. The zero-order chi connectivity index (χ0) is 17.6. The maximum absolute atomic E-state index is 12.9. The van der Waals surface area contributed by atoms with E-state index in [1.165, 1.54) is 0 Å². The number of benzene rings is 2. The lowest BCUT2D eigenvalue weighted by molar-refractivity contribution is -0.118. The summed E-state index contributed by atoms with van der Waals surface area (Å²) in [6.07, 6.45) is 2.34. The first-order chi connectivity index (χ1) is 12.1. The van der Waals surface area contributed by atoms with Gasteiger partial charge in [0.1, 0.15) is 6.04 Å². The van der Waals surface area contributed by atoms with Gasteiger partial charge in [-0.3, -0.25) is 10.1 Å². The van der Waals surface area contributed by atoms with Crippen molar-refractivity contribution in [3.8, 4) is 0 Å². The number of rotatable bonds is 6. The Hall–Kier alpha value is -2.17. The molecule has 1 amide bonds. The summed E-state index contributed by atoms with van der Waals surface area (Å²) in [5, 5.41) is 6.45. The molecule has 4 heteroatoms. The molecule has 1 aliphatic rings. The van der Waals surface area contributed by atoms with Gasteiger partial charge in [0, 0.05) is 18.8 Å². The van der Waals surface area contributed by atoms with Crippen LogP contribution in [-0.4, -0.2) is 25.2 Å². The molecule has 0 bridgehead atoms. The monoisotopic (exact) mass is 338 g/mol. The molecule has 1 saturated heterocycles. The van der Waals surface area contributed by atoms with Gasteiger partial charge in [0.15, 0.2) is 0 Å². The van der Waals surface area contributed by atoms with Crippen LogP contribution in [0, 0.1) is 13.8 Å². The first-order valence-corrected chi connectivity index (χ1v) is 8.91. The molecule has 1 aliphatic heterocycles. The summed E-state index contributed by atoms with van der Waals surface area (Å²) in [5.41, 5.74) is 4.07. The number of hydrogen-bond acceptors (Lipinski definition) is 3. The maximum Gasteiger partial charge on any atom is 0.246 e. The predicted molar refractivity (Wildman–Crippen MR) is 101 cm³/mol. The van der Waals surface area contributed by atoms with Crippen molar-refractivity contribution in [2.75, 3.05) is 18.5 Å². The highest BCUT2D eigenvalue weighted by molar-refractivity contribution is 5.95. The van der Waals surface area contributed by atoms with Crippen molar-refractivity contribution >= 4 is 11.6 Å². The fourth-order valence-corrected chi connectivity index (χ4v) is 3.32. The summed E-state index contributed by atoms with van der Waals surface area (Å²) in [5.74, 6) is -0.0470. The first kappa shape index (κ1) is 17.6. The number of aryl methyl sites for hydroxylation is 2. The van der Waals surface area contributed by atoms with Crippen molar-refractivity contribution in [3.05, 3.63) is 65.2 Å². The van der Waals surface area contributed by atoms with Crippen molar-refractivity contribution in [3.63, 3.8) is 0 Å². The molecule has 2 aromatic rings. The van der Waals surface area contributed by atoms with Crippen molar-refractivity contribution in [2.24, 2.45) is 0 Å². The van der Waals surface area contributed by atoms with Gasteiger partial charge in [-0.25, -0.2) is 0 Å². The fraction of sp³-hybridized carbons (Fsp3) is 0.381. The predicted octanol–water partition coefficient (Wildman–Crippen LogP) is 3.75. The molecular weight excluding hydrogens is 312 g/mol. The molecule has 0 spiro atoms. The Labute approximate surface area is 149 Å². The molecule has 1 heterocycles. The largest absolute Gasteiger partial charge is 0.377 e. The van der Waals surface area contributed by atoms with Crippen molar-refractivity contribution < 1.29 is 9.53 Å². The highest BCUT2D eigenvalue weighted by Gasteiger charge is 2.23. The third-order valence-corrected chi connectivity index (χ3v) is 4.46. The first-order valence-electron chi connectivity index (χ1n) is 8.91. The van der Waals surface area contributed by atoms with Crippen LogP contribution in [-0.2, 0) is 9.53 Å². The van der Waals surface area contributed by atoms with E-state index in [1.54, 1.807) is 0 Å². The van der Waals surface area contributed by atoms with Gasteiger partial charge >= 0.3 is 0 Å². The van der Waals surface area contributed by atoms with Crippen molar-refractivity contribution in [2.45, 2.75) is 38.8 Å². The van der Waals surface area contributed by atoms with Gasteiger partial charge in [0.2, 0.25) is 5.91 Å². The normalized spacial score (nSPS) is 18.1. The van der Waals surface area contributed by atoms with E-state index >= 15 is 0 Å². The van der Waals surface area contributed by atoms with Crippen LogP contribution in [0.5, 0.6) is 0 Å². The van der Waals surface area contributed by atoms with E-state index < -0.39 is 6.04 Å². The number of hydrogen-bond donors (Lipinski definition) is 2. The van der Waals surface area contributed by atoms with Gasteiger partial charge in [-0.1, -0.05) is 36.4 Å². The van der Waals surface area contributed by atoms with E-state index in [0.717, 1.165) is 41.8 Å². The van der Waals surface area contributed by atoms with E-state index in [2.05, 4.69) is 16.7 Å². The quantitative estimate of drug-likeness (QED) is 0.843. The summed E-state index contributed by atoms with van der Waals surface area (Å²) in [6, 6.07) is 15.5. The zero-order valence-corrected chi connectivity index (χ0v) is 14.9. The average Bonchev–Trinajstić information content (AvgIpc) is 3.08. The van der Waals surface area contributed by atoms with Gasteiger partial charge in [-0.15, -0.1) is 0 Å². The standard InChI is InChI=1S/C21H26N2O2/c1-15-11-16(2)13-18(12-15)23-21(24)20(17-7-4-3-5-8-17)22-14-19-9-6-10-25-19/h3-5,7-8,11-13,19-20,22H,6,9-10,14H2,1-2H3,(H,23,24)/t19-,20-/m1/s1. The van der Waals surface area contributed by atoms with Crippen LogP contribution in [0.2, 0.25) is 0 Å². The Morgan fingerprint density at radius 1 is 1.16 bits per heavy atom. The topological polar surface area (TPSA) is 50.4 Å². The van der Waals surface area contributed by atoms with Crippen molar-refractivity contribution in [1.29, 1.82) is 0 Å². The lowest BCUT2D eigenvalue weighted by atomic mass is 10.0. The van der Waals surface area contributed by atoms with E-state index in [4.69, 9.17) is 4.74 Å². The molecule has 132 valence electrons. The number of ether oxygens (including phenoxy) is 1. The molecule has 0 aromatic heterocycles. The third kappa shape index (κ3) is 4.91. The number of carbonyl (C=O) groups excluding carboxylic acids is 1. The molecule has 25 heavy (non-hydrogen) atoms. The minimum absolute atomic E-state index is 0.0470. The number of nitrogens with one attached hydrogen (secondary N) is 2. The summed E-state index contributed by atoms with van der Waals surface area (Å²) in [4.78, 5) is 12.9. The molecule has 3 rings (SSSR count). The van der Waals surface area contributed by atoms with Gasteiger partial charge in [-0.05, 0) is 55.5 Å². The van der Waals surface area contributed by atoms with Crippen LogP contribution in [0.1, 0.15) is 35.6 Å². The van der Waals surface area contributed by atoms with Crippen LogP contribution < -0.4 is 10.6 Å². The zero-order valence-electron chi connectivity index (χ0n) is 14.9. The van der Waals surface area contributed by atoms with Crippen molar-refractivity contribution in [1.82, 2.24) is 5.32 Å². The van der Waals surface area contributed by atoms with Crippen LogP contribution in [0.3, 0.4) is 0 Å². The number of carbonyl (C=O) groups is 1. The van der Waals surface area contributed by atoms with Gasteiger partial charge < -0.3 is 10.1 Å². The SMILES string of the molecule is Cc1cc(C)cc(NC(=O)[C@H](NC[C@H]2CCCO2)c2ccccc2)c1. The molecule has 0 saturated carbocycles. The minimum Gasteiger partial charge on any atom is -0.377 e. The third-order valence-electron chi connectivity index (χ3n) is 4.46. The lowest BCUT2D eigenvalue weighted by Crippen LogP contribution is -2.37. The Bertz CT molecular complexity index is 689. The van der Waals surface area contributed by atoms with Gasteiger partial charge in [0.25, 0.3) is 0 Å². The smallest absolute Gasteiger partial charge is 0.246 e. The van der Waals surface area contributed by atoms with E-state index in [9.17, 15) is 4.79 Å². The highest BCUT2D eigenvalue weighted by Crippen LogP contribution is 2.19. The number of amides is 1. The van der Waals surface area contributed by atoms with E-state index in [0.29, 0.717) is 6.54 Å². The van der Waals surface area contributed by atoms with Crippen LogP contribution >= 0.6 is 0 Å². The average molecular weight is 338 g/mol. The molecule has 0 radical (unpaired) electrons. The molecule has 0 unspecified atom stereocenters. The maximum atomic E-state index is 12.9. The van der Waals surface area contributed by atoms with Crippen LogP contribution in [0.15, 0.2) is 48.5 Å². The highest BCUT2D eigenvalue weighted by atomic mass is 16.5. The second-order valence-electron chi connectivity index (χ2n) is 6.75. The molecular formula is C21H26N2O2.